The Morgan fingerprint density at radius 3 is 1.84 bits per heavy atom. The maximum Gasteiger partial charge on any atom is 2.00 e. The predicted molar refractivity (Wildman–Crippen MR) is 70.7 cm³/mol. The van der Waals surface area contributed by atoms with Crippen molar-refractivity contribution < 1.29 is 16.5 Å². The summed E-state index contributed by atoms with van der Waals surface area (Å²) in [4.78, 5) is 13.1. The molecule has 3 aromatic heterocycles. The molecule has 94 valence electrons. The molecule has 0 saturated heterocycles. The smallest absolute Gasteiger partial charge is 0.256 e. The number of nitrogens with zero attached hydrogens (tertiary/aromatic N) is 3. The van der Waals surface area contributed by atoms with Gasteiger partial charge in [0.05, 0.1) is 17.1 Å². The zero-order chi connectivity index (χ0) is 12.2. The topological polar surface area (TPSA) is 38.7 Å². The molecule has 0 saturated carbocycles. The van der Waals surface area contributed by atoms with E-state index < -0.39 is 0 Å². The van der Waals surface area contributed by atoms with Gasteiger partial charge >= 0.3 is 16.5 Å². The number of hydrogen-bond acceptors (Lipinski definition) is 3. The summed E-state index contributed by atoms with van der Waals surface area (Å²) in [6.45, 7) is 0. The van der Waals surface area contributed by atoms with Crippen LogP contribution in [0.15, 0.2) is 67.1 Å². The average Bonchev–Trinajstić information content (AvgIpc) is 2.49. The van der Waals surface area contributed by atoms with E-state index in [1.54, 1.807) is 18.6 Å². The third-order valence-corrected chi connectivity index (χ3v) is 2.66. The fourth-order valence-corrected chi connectivity index (χ4v) is 1.84. The van der Waals surface area contributed by atoms with E-state index in [0.29, 0.717) is 0 Å². The second kappa shape index (κ2) is 6.21. The Labute approximate surface area is 121 Å². The van der Waals surface area contributed by atoms with Gasteiger partial charge in [-0.15, -0.1) is 0 Å². The zero-order valence-corrected chi connectivity index (χ0v) is 11.0. The van der Waals surface area contributed by atoms with Crippen molar-refractivity contribution in [3.05, 3.63) is 67.1 Å². The van der Waals surface area contributed by atoms with Gasteiger partial charge in [0.15, 0.2) is 0 Å². The molecule has 3 rings (SSSR count). The molecule has 0 bridgehead atoms. The van der Waals surface area contributed by atoms with E-state index >= 15 is 0 Å². The van der Waals surface area contributed by atoms with Crippen LogP contribution in [0.5, 0.6) is 0 Å². The summed E-state index contributed by atoms with van der Waals surface area (Å²) in [7, 11) is 0. The summed E-state index contributed by atoms with van der Waals surface area (Å²) >= 11 is 0. The minimum absolute atomic E-state index is 0. The first-order valence-electron chi connectivity index (χ1n) is 5.73. The second-order valence-electron chi connectivity index (χ2n) is 3.83. The molecule has 0 spiro atoms. The van der Waals surface area contributed by atoms with Crippen LogP contribution in [0.25, 0.3) is 22.6 Å². The molecule has 0 radical (unpaired) electrons. The molecule has 3 nitrogen and oxygen atoms in total. The predicted octanol–water partition coefficient (Wildman–Crippen LogP) is 3.20. The standard InChI is InChI=1S/C15H11N3.Ni/c1-3-9-16-13(7-1)12-6-5-11-18-15(12)14-8-2-4-10-17-14;/h1-11H;/q;+2. The first-order valence-corrected chi connectivity index (χ1v) is 5.73. The van der Waals surface area contributed by atoms with E-state index in [2.05, 4.69) is 15.0 Å². The van der Waals surface area contributed by atoms with Crippen LogP contribution in [0.2, 0.25) is 0 Å². The molecule has 3 heterocycles. The Morgan fingerprint density at radius 1 is 0.579 bits per heavy atom. The Balaban J connectivity index is 0.00000133. The van der Waals surface area contributed by atoms with Gasteiger partial charge in [-0.2, -0.15) is 0 Å². The summed E-state index contributed by atoms with van der Waals surface area (Å²) in [5, 5.41) is 0. The van der Waals surface area contributed by atoms with Crippen molar-refractivity contribution in [2.75, 3.05) is 0 Å². The third-order valence-electron chi connectivity index (χ3n) is 2.66. The van der Waals surface area contributed by atoms with Gasteiger partial charge in [0.25, 0.3) is 0 Å². The molecule has 19 heavy (non-hydrogen) atoms. The van der Waals surface area contributed by atoms with Gasteiger partial charge in [0.1, 0.15) is 0 Å². The number of aromatic nitrogens is 3. The molecule has 0 aliphatic carbocycles. The number of pyridine rings is 3. The average molecular weight is 292 g/mol. The SMILES string of the molecule is [Ni+2].c1ccc(-c2cccnc2-c2ccccn2)nc1. The molecule has 4 heteroatoms. The normalized spacial score (nSPS) is 9.68. The van der Waals surface area contributed by atoms with Crippen molar-refractivity contribution in [1.29, 1.82) is 0 Å². The van der Waals surface area contributed by atoms with Crippen LogP contribution in [-0.4, -0.2) is 15.0 Å². The van der Waals surface area contributed by atoms with E-state index in [1.165, 1.54) is 0 Å². The monoisotopic (exact) mass is 291 g/mol. The van der Waals surface area contributed by atoms with E-state index in [1.807, 2.05) is 48.5 Å². The van der Waals surface area contributed by atoms with Gasteiger partial charge in [-0.3, -0.25) is 15.0 Å². The first-order chi connectivity index (χ1) is 8.95. The summed E-state index contributed by atoms with van der Waals surface area (Å²) in [5.41, 5.74) is 3.62. The molecule has 0 unspecified atom stereocenters. The molecule has 0 N–H and O–H groups in total. The van der Waals surface area contributed by atoms with Crippen LogP contribution in [0, 0.1) is 0 Å². The van der Waals surface area contributed by atoms with Gasteiger partial charge in [-0.1, -0.05) is 12.1 Å². The Morgan fingerprint density at radius 2 is 1.21 bits per heavy atom. The molecule has 0 aliphatic rings. The number of rotatable bonds is 2. The van der Waals surface area contributed by atoms with Crippen molar-refractivity contribution >= 4 is 0 Å². The van der Waals surface area contributed by atoms with E-state index in [-0.39, 0.29) is 16.5 Å². The Kier molecular flexibility index (Phi) is 4.37. The molecular formula is C15H11N3Ni+2. The summed E-state index contributed by atoms with van der Waals surface area (Å²) in [6.07, 6.45) is 5.33. The molecule has 0 atom stereocenters. The summed E-state index contributed by atoms with van der Waals surface area (Å²) in [5.74, 6) is 0. The second-order valence-corrected chi connectivity index (χ2v) is 3.83. The molecule has 0 amide bonds. The van der Waals surface area contributed by atoms with Crippen molar-refractivity contribution in [3.63, 3.8) is 0 Å². The van der Waals surface area contributed by atoms with Crippen LogP contribution in [0.4, 0.5) is 0 Å². The van der Waals surface area contributed by atoms with Gasteiger partial charge in [-0.05, 0) is 36.4 Å². The van der Waals surface area contributed by atoms with E-state index in [9.17, 15) is 0 Å². The molecule has 0 aromatic carbocycles. The fraction of sp³-hybridized carbons (Fsp3) is 0. The van der Waals surface area contributed by atoms with Crippen LogP contribution in [0.3, 0.4) is 0 Å². The van der Waals surface area contributed by atoms with E-state index in [0.717, 1.165) is 22.6 Å². The van der Waals surface area contributed by atoms with Gasteiger partial charge in [0, 0.05) is 24.2 Å². The Hall–Kier alpha value is -2.06. The fourth-order valence-electron chi connectivity index (χ4n) is 1.84. The van der Waals surface area contributed by atoms with Gasteiger partial charge in [-0.25, -0.2) is 0 Å². The first kappa shape index (κ1) is 13.4. The van der Waals surface area contributed by atoms with Crippen LogP contribution in [0.1, 0.15) is 0 Å². The van der Waals surface area contributed by atoms with Crippen molar-refractivity contribution in [2.45, 2.75) is 0 Å². The van der Waals surface area contributed by atoms with Crippen molar-refractivity contribution in [2.24, 2.45) is 0 Å². The quantitative estimate of drug-likeness (QED) is 0.681. The van der Waals surface area contributed by atoms with Crippen LogP contribution in [-0.2, 0) is 16.5 Å². The minimum Gasteiger partial charge on any atom is -0.256 e. The van der Waals surface area contributed by atoms with Crippen molar-refractivity contribution in [1.82, 2.24) is 15.0 Å². The van der Waals surface area contributed by atoms with Crippen LogP contribution >= 0.6 is 0 Å². The molecule has 3 aromatic rings. The molecular weight excluding hydrogens is 281 g/mol. The van der Waals surface area contributed by atoms with Gasteiger partial charge < -0.3 is 0 Å². The maximum absolute atomic E-state index is 4.42. The van der Waals surface area contributed by atoms with Gasteiger partial charge in [0.2, 0.25) is 0 Å². The Bertz CT molecular complexity index is 583. The van der Waals surface area contributed by atoms with E-state index in [4.69, 9.17) is 0 Å². The third kappa shape index (κ3) is 2.86. The number of hydrogen-bond donors (Lipinski definition) is 0. The van der Waals surface area contributed by atoms with Crippen LogP contribution < -0.4 is 0 Å². The molecule has 0 aliphatic heterocycles. The largest absolute Gasteiger partial charge is 2.00 e. The van der Waals surface area contributed by atoms with Crippen molar-refractivity contribution in [3.8, 4) is 22.6 Å². The molecule has 0 fully saturated rings. The maximum atomic E-state index is 4.42. The summed E-state index contributed by atoms with van der Waals surface area (Å²) in [6, 6.07) is 15.6. The minimum atomic E-state index is 0. The summed E-state index contributed by atoms with van der Waals surface area (Å²) < 4.78 is 0. The zero-order valence-electron chi connectivity index (χ0n) is 10.0.